The van der Waals surface area contributed by atoms with Crippen molar-refractivity contribution < 1.29 is 17.0 Å². The molecule has 0 spiro atoms. The van der Waals surface area contributed by atoms with E-state index < -0.39 is 0 Å². The average Bonchev–Trinajstić information content (AvgIpc) is 2.31. The van der Waals surface area contributed by atoms with Crippen LogP contribution >= 0.6 is 0 Å². The first-order valence-electron chi connectivity index (χ1n) is 6.84. The molecule has 17 heavy (non-hydrogen) atoms. The molecular weight excluding hydrogens is 230 g/mol. The van der Waals surface area contributed by atoms with Crippen molar-refractivity contribution in [2.45, 2.75) is 65.3 Å². The van der Waals surface area contributed by atoms with Gasteiger partial charge in [-0.05, 0) is 18.4 Å². The number of rotatable bonds is 8. The van der Waals surface area contributed by atoms with Crippen LogP contribution in [-0.2, 0) is 13.0 Å². The summed E-state index contributed by atoms with van der Waals surface area (Å²) in [5, 5.41) is 0. The minimum atomic E-state index is 0. The molecule has 0 N–H and O–H groups in total. The third kappa shape index (κ3) is 7.38. The predicted molar refractivity (Wildman–Crippen MR) is 69.4 cm³/mol. The molecule has 0 fully saturated rings. The SMILES string of the molecule is CCCCCCC[n+]1ccc(CCC)cc1.[Cl-]. The molecule has 0 aliphatic carbocycles. The quantitative estimate of drug-likeness (QED) is 0.480. The molecule has 0 aliphatic heterocycles. The van der Waals surface area contributed by atoms with E-state index in [9.17, 15) is 0 Å². The van der Waals surface area contributed by atoms with E-state index in [4.69, 9.17) is 0 Å². The first kappa shape index (κ1) is 16.4. The number of hydrogen-bond acceptors (Lipinski definition) is 0. The first-order chi connectivity index (χ1) is 7.86. The second kappa shape index (κ2) is 10.6. The molecule has 0 saturated heterocycles. The number of halogens is 1. The lowest BCUT2D eigenvalue weighted by Crippen LogP contribution is -3.00. The van der Waals surface area contributed by atoms with Gasteiger partial charge in [0.2, 0.25) is 0 Å². The summed E-state index contributed by atoms with van der Waals surface area (Å²) in [6.07, 6.45) is 13.7. The lowest BCUT2D eigenvalue weighted by molar-refractivity contribution is -0.697. The first-order valence-corrected chi connectivity index (χ1v) is 6.84. The van der Waals surface area contributed by atoms with E-state index in [1.165, 1.54) is 57.1 Å². The molecule has 0 saturated carbocycles. The zero-order valence-electron chi connectivity index (χ0n) is 11.3. The third-order valence-electron chi connectivity index (χ3n) is 3.02. The van der Waals surface area contributed by atoms with Gasteiger partial charge in [0.05, 0.1) is 0 Å². The second-order valence-electron chi connectivity index (χ2n) is 4.61. The number of aryl methyl sites for hydroxylation is 2. The molecule has 1 heterocycles. The van der Waals surface area contributed by atoms with Gasteiger partial charge in [-0.1, -0.05) is 39.5 Å². The summed E-state index contributed by atoms with van der Waals surface area (Å²) in [5.41, 5.74) is 1.46. The number of hydrogen-bond donors (Lipinski definition) is 0. The molecule has 1 nitrogen and oxygen atoms in total. The van der Waals surface area contributed by atoms with Crippen LogP contribution in [0.15, 0.2) is 24.5 Å². The van der Waals surface area contributed by atoms with Gasteiger partial charge in [-0.3, -0.25) is 0 Å². The van der Waals surface area contributed by atoms with Gasteiger partial charge < -0.3 is 12.4 Å². The van der Waals surface area contributed by atoms with E-state index in [1.54, 1.807) is 0 Å². The summed E-state index contributed by atoms with van der Waals surface area (Å²) in [6, 6.07) is 4.52. The maximum absolute atomic E-state index is 2.31. The van der Waals surface area contributed by atoms with Crippen LogP contribution in [-0.4, -0.2) is 0 Å². The Morgan fingerprint density at radius 2 is 1.53 bits per heavy atom. The number of aromatic nitrogens is 1. The molecule has 0 aliphatic rings. The fraction of sp³-hybridized carbons (Fsp3) is 0.667. The lowest BCUT2D eigenvalue weighted by Gasteiger charge is -1.99. The van der Waals surface area contributed by atoms with E-state index in [-0.39, 0.29) is 12.4 Å². The number of nitrogens with zero attached hydrogens (tertiary/aromatic N) is 1. The molecule has 98 valence electrons. The Hall–Kier alpha value is -0.560. The topological polar surface area (TPSA) is 3.88 Å². The Morgan fingerprint density at radius 3 is 2.12 bits per heavy atom. The fourth-order valence-corrected chi connectivity index (χ4v) is 1.99. The van der Waals surface area contributed by atoms with Crippen LogP contribution in [0.4, 0.5) is 0 Å². The zero-order chi connectivity index (χ0) is 11.6. The predicted octanol–water partition coefficient (Wildman–Crippen LogP) is 0.901. The van der Waals surface area contributed by atoms with Crippen LogP contribution in [0.1, 0.15) is 57.9 Å². The highest BCUT2D eigenvalue weighted by atomic mass is 35.5. The lowest BCUT2D eigenvalue weighted by atomic mass is 10.1. The van der Waals surface area contributed by atoms with Gasteiger partial charge in [0.15, 0.2) is 12.4 Å². The Morgan fingerprint density at radius 1 is 0.882 bits per heavy atom. The molecule has 0 bridgehead atoms. The smallest absolute Gasteiger partial charge is 0.169 e. The summed E-state index contributed by atoms with van der Waals surface area (Å²) in [7, 11) is 0. The minimum Gasteiger partial charge on any atom is -1.00 e. The normalized spacial score (nSPS) is 10.0. The monoisotopic (exact) mass is 255 g/mol. The van der Waals surface area contributed by atoms with E-state index in [0.29, 0.717) is 0 Å². The second-order valence-corrected chi connectivity index (χ2v) is 4.61. The zero-order valence-corrected chi connectivity index (χ0v) is 12.0. The van der Waals surface area contributed by atoms with Crippen LogP contribution in [0.3, 0.4) is 0 Å². The van der Waals surface area contributed by atoms with Crippen molar-refractivity contribution in [2.24, 2.45) is 0 Å². The minimum absolute atomic E-state index is 0. The van der Waals surface area contributed by atoms with E-state index in [1.807, 2.05) is 0 Å². The molecule has 0 amide bonds. The standard InChI is InChI=1S/C15H26N.ClH/c1-3-5-6-7-8-12-16-13-10-15(9-4-2)11-14-16;/h10-11,13-14H,3-9,12H2,1-2H3;1H/q+1;/p-1. The molecule has 0 radical (unpaired) electrons. The van der Waals surface area contributed by atoms with Gasteiger partial charge in [-0.2, -0.15) is 0 Å². The van der Waals surface area contributed by atoms with Gasteiger partial charge in [0.1, 0.15) is 6.54 Å². The molecule has 0 unspecified atom stereocenters. The van der Waals surface area contributed by atoms with E-state index >= 15 is 0 Å². The Kier molecular flexibility index (Phi) is 10.2. The maximum atomic E-state index is 2.31. The maximum Gasteiger partial charge on any atom is 0.169 e. The van der Waals surface area contributed by atoms with Gasteiger partial charge >= 0.3 is 0 Å². The largest absolute Gasteiger partial charge is 1.00 e. The van der Waals surface area contributed by atoms with Crippen molar-refractivity contribution in [1.82, 2.24) is 0 Å². The Bertz CT molecular complexity index is 269. The van der Waals surface area contributed by atoms with Crippen LogP contribution < -0.4 is 17.0 Å². The Labute approximate surface area is 113 Å². The highest BCUT2D eigenvalue weighted by Crippen LogP contribution is 2.03. The number of unbranched alkanes of at least 4 members (excludes halogenated alkanes) is 4. The highest BCUT2D eigenvalue weighted by Gasteiger charge is 2.00. The molecule has 2 heteroatoms. The summed E-state index contributed by atoms with van der Waals surface area (Å²) in [5.74, 6) is 0. The molecule has 0 aromatic carbocycles. The summed E-state index contributed by atoms with van der Waals surface area (Å²) in [4.78, 5) is 0. The molecule has 0 atom stereocenters. The average molecular weight is 256 g/mol. The summed E-state index contributed by atoms with van der Waals surface area (Å²) < 4.78 is 2.31. The molecule has 1 rings (SSSR count). The van der Waals surface area contributed by atoms with Crippen LogP contribution in [0.5, 0.6) is 0 Å². The van der Waals surface area contributed by atoms with Crippen molar-refractivity contribution in [2.75, 3.05) is 0 Å². The van der Waals surface area contributed by atoms with Crippen molar-refractivity contribution in [1.29, 1.82) is 0 Å². The summed E-state index contributed by atoms with van der Waals surface area (Å²) >= 11 is 0. The van der Waals surface area contributed by atoms with Crippen LogP contribution in [0.2, 0.25) is 0 Å². The van der Waals surface area contributed by atoms with Crippen LogP contribution in [0.25, 0.3) is 0 Å². The fourth-order valence-electron chi connectivity index (χ4n) is 1.99. The van der Waals surface area contributed by atoms with E-state index in [2.05, 4.69) is 42.9 Å². The molecular formula is C15H26ClN. The van der Waals surface area contributed by atoms with Crippen LogP contribution in [0, 0.1) is 0 Å². The van der Waals surface area contributed by atoms with Gasteiger partial charge in [0, 0.05) is 18.6 Å². The molecule has 1 aromatic heterocycles. The Balaban J connectivity index is 0.00000256. The van der Waals surface area contributed by atoms with Crippen molar-refractivity contribution in [3.63, 3.8) is 0 Å². The van der Waals surface area contributed by atoms with Gasteiger partial charge in [-0.25, -0.2) is 4.57 Å². The van der Waals surface area contributed by atoms with E-state index in [0.717, 1.165) is 0 Å². The highest BCUT2D eigenvalue weighted by molar-refractivity contribution is 5.06. The van der Waals surface area contributed by atoms with Crippen molar-refractivity contribution >= 4 is 0 Å². The van der Waals surface area contributed by atoms with Gasteiger partial charge in [-0.15, -0.1) is 0 Å². The summed E-state index contributed by atoms with van der Waals surface area (Å²) in [6.45, 7) is 5.67. The third-order valence-corrected chi connectivity index (χ3v) is 3.02. The molecule has 1 aromatic rings. The number of pyridine rings is 1. The van der Waals surface area contributed by atoms with Crippen molar-refractivity contribution in [3.05, 3.63) is 30.1 Å². The van der Waals surface area contributed by atoms with Gasteiger partial charge in [0.25, 0.3) is 0 Å². The van der Waals surface area contributed by atoms with Crippen molar-refractivity contribution in [3.8, 4) is 0 Å².